The second-order valence-electron chi connectivity index (χ2n) is 9.75. The first-order valence-electron chi connectivity index (χ1n) is 13.3. The van der Waals surface area contributed by atoms with Crippen molar-refractivity contribution >= 4 is 0 Å². The summed E-state index contributed by atoms with van der Waals surface area (Å²) < 4.78 is 33.5. The molecule has 0 aliphatic carbocycles. The highest BCUT2D eigenvalue weighted by molar-refractivity contribution is 5.41. The van der Waals surface area contributed by atoms with E-state index in [2.05, 4.69) is 38.1 Å². The minimum absolute atomic E-state index is 0.142. The van der Waals surface area contributed by atoms with E-state index in [9.17, 15) is 0 Å². The van der Waals surface area contributed by atoms with Crippen molar-refractivity contribution in [3.8, 4) is 11.5 Å². The van der Waals surface area contributed by atoms with Gasteiger partial charge in [-0.25, -0.2) is 0 Å². The van der Waals surface area contributed by atoms with Crippen molar-refractivity contribution < 1.29 is 38.6 Å². The first kappa shape index (κ1) is 31.9. The minimum atomic E-state index is -0.390. The molecule has 2 aromatic carbocycles. The largest absolute Gasteiger partial charge is 0.509 e. The number of ether oxygens (including phenoxy) is 6. The first-order valence-corrected chi connectivity index (χ1v) is 13.3. The molecular formula is C31H44O8. The molecule has 2 unspecified atom stereocenters. The fourth-order valence-electron chi connectivity index (χ4n) is 3.66. The molecule has 0 bridgehead atoms. The Bertz CT molecular complexity index is 922. The molecule has 216 valence electrons. The van der Waals surface area contributed by atoms with Crippen molar-refractivity contribution in [2.75, 3.05) is 26.4 Å². The predicted octanol–water partition coefficient (Wildman–Crippen LogP) is 7.15. The fourth-order valence-corrected chi connectivity index (χ4v) is 3.66. The molecule has 0 fully saturated rings. The molecule has 0 aromatic heterocycles. The van der Waals surface area contributed by atoms with Crippen LogP contribution in [0.3, 0.4) is 0 Å². The summed E-state index contributed by atoms with van der Waals surface area (Å²) in [5, 5.41) is 18.1. The van der Waals surface area contributed by atoms with E-state index in [1.165, 1.54) is 12.5 Å². The highest BCUT2D eigenvalue weighted by Crippen LogP contribution is 2.33. The molecule has 0 saturated carbocycles. The number of aliphatic hydroxyl groups excluding tert-OH is 2. The molecule has 2 N–H and O–H groups in total. The van der Waals surface area contributed by atoms with Crippen LogP contribution in [0, 0.1) is 0 Å². The molecule has 0 radical (unpaired) electrons. The molecule has 2 rings (SSSR count). The summed E-state index contributed by atoms with van der Waals surface area (Å²) in [6, 6.07) is 16.1. The van der Waals surface area contributed by atoms with Gasteiger partial charge in [0.05, 0.1) is 26.4 Å². The van der Waals surface area contributed by atoms with Gasteiger partial charge < -0.3 is 38.6 Å². The fraction of sp³-hybridized carbons (Fsp3) is 0.484. The number of hydrogen-bond donors (Lipinski definition) is 2. The van der Waals surface area contributed by atoms with Crippen molar-refractivity contribution in [1.82, 2.24) is 0 Å². The minimum Gasteiger partial charge on any atom is -0.509 e. The smallest absolute Gasteiger partial charge is 0.196 e. The van der Waals surface area contributed by atoms with Crippen molar-refractivity contribution in [3.63, 3.8) is 0 Å². The number of aliphatic hydroxyl groups is 2. The van der Waals surface area contributed by atoms with Gasteiger partial charge in [-0.2, -0.15) is 0 Å². The molecule has 39 heavy (non-hydrogen) atoms. The number of hydrogen-bond acceptors (Lipinski definition) is 8. The molecule has 8 nitrogen and oxygen atoms in total. The van der Waals surface area contributed by atoms with Gasteiger partial charge in [0, 0.05) is 18.3 Å². The van der Waals surface area contributed by atoms with Crippen LogP contribution in [0.4, 0.5) is 0 Å². The van der Waals surface area contributed by atoms with E-state index in [0.717, 1.165) is 22.6 Å². The molecule has 8 heteroatoms. The molecule has 0 aliphatic rings. The molecule has 2 aromatic rings. The lowest BCUT2D eigenvalue weighted by atomic mass is 9.78. The van der Waals surface area contributed by atoms with Crippen molar-refractivity contribution in [3.05, 3.63) is 83.7 Å². The monoisotopic (exact) mass is 544 g/mol. The van der Waals surface area contributed by atoms with E-state index in [0.29, 0.717) is 39.3 Å². The van der Waals surface area contributed by atoms with Gasteiger partial charge in [-0.1, -0.05) is 38.1 Å². The van der Waals surface area contributed by atoms with Crippen LogP contribution in [-0.4, -0.2) is 49.2 Å². The number of rotatable bonds is 18. The lowest BCUT2D eigenvalue weighted by Crippen LogP contribution is -2.20. The van der Waals surface area contributed by atoms with Crippen molar-refractivity contribution in [2.45, 2.75) is 72.4 Å². The van der Waals surface area contributed by atoms with Crippen LogP contribution in [0.15, 0.2) is 72.6 Å². The van der Waals surface area contributed by atoms with Gasteiger partial charge in [0.2, 0.25) is 0 Å². The molecule has 0 amide bonds. The highest BCUT2D eigenvalue weighted by Gasteiger charge is 2.23. The second kappa shape index (κ2) is 16.6. The summed E-state index contributed by atoms with van der Waals surface area (Å²) >= 11 is 0. The van der Waals surface area contributed by atoms with Gasteiger partial charge in [0.25, 0.3) is 0 Å². The SMILES string of the molecule is C/C(O)=C\OCCCOC(C)Oc1ccc(C(C)(C)c2ccc(OC(C)OCCCO/C=C(\C)O)cc2)cc1. The van der Waals surface area contributed by atoms with Gasteiger partial charge in [0.15, 0.2) is 12.6 Å². The van der Waals surface area contributed by atoms with Crippen LogP contribution < -0.4 is 9.47 Å². The van der Waals surface area contributed by atoms with Crippen LogP contribution in [0.25, 0.3) is 0 Å². The van der Waals surface area contributed by atoms with E-state index in [-0.39, 0.29) is 29.5 Å². The Kier molecular flexibility index (Phi) is 13.5. The maximum absolute atomic E-state index is 9.05. The van der Waals surface area contributed by atoms with Crippen LogP contribution in [0.2, 0.25) is 0 Å². The molecule has 0 saturated heterocycles. The maximum Gasteiger partial charge on any atom is 0.196 e. The third-order valence-electron chi connectivity index (χ3n) is 5.78. The normalized spacial score (nSPS) is 14.0. The van der Waals surface area contributed by atoms with E-state index in [1.807, 2.05) is 38.1 Å². The third-order valence-corrected chi connectivity index (χ3v) is 5.78. The molecular weight excluding hydrogens is 500 g/mol. The second-order valence-corrected chi connectivity index (χ2v) is 9.75. The van der Waals surface area contributed by atoms with Crippen LogP contribution in [0.5, 0.6) is 11.5 Å². The zero-order valence-electron chi connectivity index (χ0n) is 24.0. The summed E-state index contributed by atoms with van der Waals surface area (Å²) in [5.74, 6) is 1.76. The predicted molar refractivity (Wildman–Crippen MR) is 151 cm³/mol. The first-order chi connectivity index (χ1) is 18.6. The third kappa shape index (κ3) is 12.4. The summed E-state index contributed by atoms with van der Waals surface area (Å²) in [5.41, 5.74) is 2.10. The van der Waals surface area contributed by atoms with Gasteiger partial charge in [-0.3, -0.25) is 0 Å². The Hall–Kier alpha value is -3.36. The average molecular weight is 545 g/mol. The Morgan fingerprint density at radius 2 is 1.03 bits per heavy atom. The maximum atomic E-state index is 9.05. The van der Waals surface area contributed by atoms with E-state index < -0.39 is 0 Å². The topological polar surface area (TPSA) is 95.8 Å². The van der Waals surface area contributed by atoms with Gasteiger partial charge in [-0.15, -0.1) is 0 Å². The van der Waals surface area contributed by atoms with Crippen molar-refractivity contribution in [1.29, 1.82) is 0 Å². The quantitative estimate of drug-likeness (QED) is 0.116. The molecule has 0 heterocycles. The van der Waals surface area contributed by atoms with Crippen molar-refractivity contribution in [2.24, 2.45) is 0 Å². The molecule has 0 spiro atoms. The zero-order chi connectivity index (χ0) is 28.7. The van der Waals surface area contributed by atoms with Gasteiger partial charge in [-0.05, 0) is 63.1 Å². The van der Waals surface area contributed by atoms with Crippen LogP contribution in [0.1, 0.15) is 65.5 Å². The van der Waals surface area contributed by atoms with E-state index in [1.54, 1.807) is 13.8 Å². The lowest BCUT2D eigenvalue weighted by Gasteiger charge is -2.27. The summed E-state index contributed by atoms with van der Waals surface area (Å²) in [6.07, 6.45) is 3.25. The van der Waals surface area contributed by atoms with Gasteiger partial charge >= 0.3 is 0 Å². The Labute approximate surface area is 232 Å². The Morgan fingerprint density at radius 3 is 1.36 bits per heavy atom. The zero-order valence-corrected chi connectivity index (χ0v) is 24.0. The van der Waals surface area contributed by atoms with E-state index >= 15 is 0 Å². The standard InChI is InChI=1S/C31H44O8/c1-23(32)21-34-17-7-19-36-25(3)38-29-13-9-27(10-14-29)31(5,6)28-11-15-30(16-12-28)39-26(4)37-20-8-18-35-22-24(2)33/h9-16,21-22,25-26,32-33H,7-8,17-20H2,1-6H3/b23-21+,24-22+. The van der Waals surface area contributed by atoms with Crippen LogP contribution in [-0.2, 0) is 24.4 Å². The summed E-state index contributed by atoms with van der Waals surface area (Å²) in [6.45, 7) is 13.1. The Balaban J connectivity index is 1.80. The average Bonchev–Trinajstić information content (AvgIpc) is 2.88. The number of benzene rings is 2. The van der Waals surface area contributed by atoms with Crippen LogP contribution >= 0.6 is 0 Å². The Morgan fingerprint density at radius 1 is 0.667 bits per heavy atom. The highest BCUT2D eigenvalue weighted by atomic mass is 16.7. The summed E-state index contributed by atoms with van der Waals surface area (Å²) in [4.78, 5) is 0. The lowest BCUT2D eigenvalue weighted by molar-refractivity contribution is -0.0703. The van der Waals surface area contributed by atoms with E-state index in [4.69, 9.17) is 38.6 Å². The summed E-state index contributed by atoms with van der Waals surface area (Å²) in [7, 11) is 0. The van der Waals surface area contributed by atoms with Gasteiger partial charge in [0.1, 0.15) is 35.5 Å². The molecule has 0 aliphatic heterocycles. The number of allylic oxidation sites excluding steroid dienone is 2. The molecule has 2 atom stereocenters.